The van der Waals surface area contributed by atoms with E-state index >= 15 is 0 Å². The summed E-state index contributed by atoms with van der Waals surface area (Å²) < 4.78 is 0. The molecule has 2 fully saturated rings. The van der Waals surface area contributed by atoms with Crippen molar-refractivity contribution in [2.24, 2.45) is 17.8 Å². The zero-order valence-corrected chi connectivity index (χ0v) is 8.79. The maximum atomic E-state index is 11.8. The maximum absolute atomic E-state index is 11.8. The highest BCUT2D eigenvalue weighted by Gasteiger charge is 2.49. The predicted molar refractivity (Wildman–Crippen MR) is 52.2 cm³/mol. The molecule has 0 radical (unpaired) electrons. The molecule has 74 valence electrons. The fourth-order valence-electron chi connectivity index (χ4n) is 3.34. The van der Waals surface area contributed by atoms with E-state index in [-0.39, 0.29) is 0 Å². The molecule has 0 aromatic rings. The third kappa shape index (κ3) is 1.18. The van der Waals surface area contributed by atoms with Gasteiger partial charge in [0.25, 0.3) is 0 Å². The number of carbonyl (C=O) groups is 1. The van der Waals surface area contributed by atoms with E-state index < -0.39 is 0 Å². The summed E-state index contributed by atoms with van der Waals surface area (Å²) in [6.45, 7) is 4.46. The van der Waals surface area contributed by atoms with Gasteiger partial charge in [0, 0.05) is 19.0 Å². The topological polar surface area (TPSA) is 20.3 Å². The molecule has 0 aromatic heterocycles. The Morgan fingerprint density at radius 1 is 1.38 bits per heavy atom. The van der Waals surface area contributed by atoms with Crippen molar-refractivity contribution in [1.29, 1.82) is 0 Å². The normalized spacial score (nSPS) is 38.9. The number of carbonyl (C=O) groups excluding carboxylic acids is 1. The Balaban J connectivity index is 2.23. The third-order valence-electron chi connectivity index (χ3n) is 3.80. The summed E-state index contributed by atoms with van der Waals surface area (Å²) in [6, 6.07) is 0.514. The molecule has 0 spiro atoms. The predicted octanol–water partition coefficient (Wildman–Crippen LogP) is 1.90. The van der Waals surface area contributed by atoms with Crippen molar-refractivity contribution in [1.82, 2.24) is 4.90 Å². The first-order valence-electron chi connectivity index (χ1n) is 5.39. The molecule has 1 amide bonds. The van der Waals surface area contributed by atoms with Gasteiger partial charge in [0.15, 0.2) is 0 Å². The first kappa shape index (κ1) is 9.04. The van der Waals surface area contributed by atoms with Gasteiger partial charge in [-0.25, -0.2) is 0 Å². The number of fused-ring (bicyclic) bond motifs is 1. The van der Waals surface area contributed by atoms with Crippen molar-refractivity contribution in [3.05, 3.63) is 0 Å². The molecule has 1 aliphatic heterocycles. The highest BCUT2D eigenvalue weighted by molar-refractivity contribution is 5.82. The van der Waals surface area contributed by atoms with Gasteiger partial charge in [-0.05, 0) is 24.7 Å². The molecular weight excluding hydrogens is 162 g/mol. The summed E-state index contributed by atoms with van der Waals surface area (Å²) in [5.41, 5.74) is 0. The molecule has 1 heterocycles. The molecule has 0 aromatic carbocycles. The van der Waals surface area contributed by atoms with Crippen LogP contribution in [0, 0.1) is 17.8 Å². The minimum atomic E-state index is 0.373. The molecule has 13 heavy (non-hydrogen) atoms. The molecule has 2 heteroatoms. The van der Waals surface area contributed by atoms with Gasteiger partial charge in [0.1, 0.15) is 0 Å². The molecule has 2 rings (SSSR count). The van der Waals surface area contributed by atoms with E-state index in [1.165, 1.54) is 12.8 Å². The fraction of sp³-hybridized carbons (Fsp3) is 0.909. The number of rotatable bonds is 1. The van der Waals surface area contributed by atoms with E-state index in [1.54, 1.807) is 0 Å². The Bertz CT molecular complexity index is 224. The lowest BCUT2D eigenvalue weighted by atomic mass is 9.87. The Labute approximate surface area is 80.3 Å². The van der Waals surface area contributed by atoms with Crippen LogP contribution >= 0.6 is 0 Å². The second-order valence-corrected chi connectivity index (χ2v) is 4.89. The van der Waals surface area contributed by atoms with Gasteiger partial charge in [0.05, 0.1) is 0 Å². The second-order valence-electron chi connectivity index (χ2n) is 4.89. The molecule has 1 aliphatic carbocycles. The molecule has 1 saturated carbocycles. The van der Waals surface area contributed by atoms with Gasteiger partial charge >= 0.3 is 0 Å². The number of likely N-dealkylation sites (tertiary alicyclic amines) is 1. The summed E-state index contributed by atoms with van der Waals surface area (Å²) in [7, 11) is 1.98. The third-order valence-corrected chi connectivity index (χ3v) is 3.80. The van der Waals surface area contributed by atoms with Gasteiger partial charge in [-0.15, -0.1) is 0 Å². The van der Waals surface area contributed by atoms with Crippen LogP contribution in [-0.4, -0.2) is 23.9 Å². The van der Waals surface area contributed by atoms with Crippen LogP contribution in [0.4, 0.5) is 0 Å². The van der Waals surface area contributed by atoms with Gasteiger partial charge in [-0.2, -0.15) is 0 Å². The molecule has 1 saturated heterocycles. The minimum absolute atomic E-state index is 0.373. The van der Waals surface area contributed by atoms with Crippen molar-refractivity contribution in [2.75, 3.05) is 7.05 Å². The molecule has 2 nitrogen and oxygen atoms in total. The summed E-state index contributed by atoms with van der Waals surface area (Å²) in [5, 5.41) is 0. The molecule has 0 N–H and O–H groups in total. The van der Waals surface area contributed by atoms with Gasteiger partial charge in [-0.1, -0.05) is 20.3 Å². The number of amides is 1. The van der Waals surface area contributed by atoms with Crippen molar-refractivity contribution >= 4 is 5.91 Å². The van der Waals surface area contributed by atoms with Crippen molar-refractivity contribution in [3.8, 4) is 0 Å². The minimum Gasteiger partial charge on any atom is -0.342 e. The van der Waals surface area contributed by atoms with Crippen LogP contribution in [0.3, 0.4) is 0 Å². The van der Waals surface area contributed by atoms with Crippen molar-refractivity contribution in [2.45, 2.75) is 39.2 Å². The molecular formula is C11H19NO. The van der Waals surface area contributed by atoms with E-state index in [0.717, 1.165) is 6.42 Å². The Morgan fingerprint density at radius 3 is 2.69 bits per heavy atom. The van der Waals surface area contributed by atoms with E-state index in [2.05, 4.69) is 13.8 Å². The summed E-state index contributed by atoms with van der Waals surface area (Å²) >= 11 is 0. The molecule has 3 atom stereocenters. The lowest BCUT2D eigenvalue weighted by Gasteiger charge is -2.27. The summed E-state index contributed by atoms with van der Waals surface area (Å²) in [6.07, 6.45) is 3.67. The Morgan fingerprint density at radius 2 is 2.08 bits per heavy atom. The van der Waals surface area contributed by atoms with Crippen LogP contribution in [0.2, 0.25) is 0 Å². The number of nitrogens with zero attached hydrogens (tertiary/aromatic N) is 1. The SMILES string of the molecule is CC(C)C1C2CCCC2C(=O)N1C. The van der Waals surface area contributed by atoms with Crippen LogP contribution in [0.1, 0.15) is 33.1 Å². The monoisotopic (exact) mass is 181 g/mol. The average molecular weight is 181 g/mol. The first-order chi connectivity index (χ1) is 6.13. The average Bonchev–Trinajstić information content (AvgIpc) is 2.57. The highest BCUT2D eigenvalue weighted by Crippen LogP contribution is 2.44. The summed E-state index contributed by atoms with van der Waals surface area (Å²) in [4.78, 5) is 13.8. The van der Waals surface area contributed by atoms with Crippen molar-refractivity contribution in [3.63, 3.8) is 0 Å². The standard InChI is InChI=1S/C11H19NO/c1-7(2)10-8-5-4-6-9(8)11(13)12(10)3/h7-10H,4-6H2,1-3H3. The molecule has 0 bridgehead atoms. The van der Waals surface area contributed by atoms with Crippen molar-refractivity contribution < 1.29 is 4.79 Å². The first-order valence-corrected chi connectivity index (χ1v) is 5.39. The van der Waals surface area contributed by atoms with Gasteiger partial charge in [0.2, 0.25) is 5.91 Å². The highest BCUT2D eigenvalue weighted by atomic mass is 16.2. The van der Waals surface area contributed by atoms with Gasteiger partial charge in [-0.3, -0.25) is 4.79 Å². The van der Waals surface area contributed by atoms with Crippen LogP contribution in [0.15, 0.2) is 0 Å². The van der Waals surface area contributed by atoms with E-state index in [4.69, 9.17) is 0 Å². The quantitative estimate of drug-likeness (QED) is 0.605. The van der Waals surface area contributed by atoms with Gasteiger partial charge < -0.3 is 4.90 Å². The maximum Gasteiger partial charge on any atom is 0.226 e. The van der Waals surface area contributed by atoms with E-state index in [9.17, 15) is 4.79 Å². The Kier molecular flexibility index (Phi) is 2.09. The molecule has 3 unspecified atom stereocenters. The number of hydrogen-bond donors (Lipinski definition) is 0. The van der Waals surface area contributed by atoms with Crippen LogP contribution in [0.5, 0.6) is 0 Å². The van der Waals surface area contributed by atoms with Crippen LogP contribution in [0.25, 0.3) is 0 Å². The molecule has 2 aliphatic rings. The van der Waals surface area contributed by atoms with E-state index in [0.29, 0.717) is 29.7 Å². The van der Waals surface area contributed by atoms with E-state index in [1.807, 2.05) is 11.9 Å². The lowest BCUT2D eigenvalue weighted by Crippen LogP contribution is -2.35. The lowest BCUT2D eigenvalue weighted by molar-refractivity contribution is -0.131. The zero-order chi connectivity index (χ0) is 9.59. The smallest absolute Gasteiger partial charge is 0.226 e. The Hall–Kier alpha value is -0.530. The zero-order valence-electron chi connectivity index (χ0n) is 8.79. The second kappa shape index (κ2) is 3.00. The fourth-order valence-corrected chi connectivity index (χ4v) is 3.34. The van der Waals surface area contributed by atoms with Crippen LogP contribution < -0.4 is 0 Å². The number of hydrogen-bond acceptors (Lipinski definition) is 1. The van der Waals surface area contributed by atoms with Crippen LogP contribution in [-0.2, 0) is 4.79 Å². The largest absolute Gasteiger partial charge is 0.342 e. The summed E-state index contributed by atoms with van der Waals surface area (Å²) in [5.74, 6) is 2.05.